The highest BCUT2D eigenvalue weighted by atomic mass is 32.1. The van der Waals surface area contributed by atoms with Gasteiger partial charge in [-0.3, -0.25) is 0 Å². The number of aliphatic hydroxyl groups is 1. The molecule has 0 amide bonds. The first-order valence-corrected chi connectivity index (χ1v) is 5.00. The van der Waals surface area contributed by atoms with Crippen LogP contribution in [0, 0.1) is 0 Å². The van der Waals surface area contributed by atoms with Crippen LogP contribution in [0.15, 0.2) is 10.9 Å². The normalized spacial score (nSPS) is 25.9. The average molecular weight is 185 g/mol. The van der Waals surface area contributed by atoms with E-state index in [0.717, 1.165) is 25.1 Å². The minimum Gasteiger partial charge on any atom is -0.384 e. The number of hydrogen-bond donors (Lipinski definition) is 1. The fourth-order valence-corrected chi connectivity index (χ4v) is 1.99. The van der Waals surface area contributed by atoms with E-state index in [1.54, 1.807) is 5.51 Å². The molecule has 1 aliphatic heterocycles. The second-order valence-electron chi connectivity index (χ2n) is 2.91. The summed E-state index contributed by atoms with van der Waals surface area (Å²) in [5.74, 6) is 0. The van der Waals surface area contributed by atoms with Gasteiger partial charge in [0.05, 0.1) is 17.3 Å². The van der Waals surface area contributed by atoms with Crippen molar-refractivity contribution in [3.63, 3.8) is 0 Å². The zero-order valence-corrected chi connectivity index (χ0v) is 7.46. The molecule has 0 spiro atoms. The van der Waals surface area contributed by atoms with E-state index in [-0.39, 0.29) is 6.10 Å². The highest BCUT2D eigenvalue weighted by molar-refractivity contribution is 7.07. The molecule has 0 aromatic carbocycles. The Kier molecular flexibility index (Phi) is 2.39. The lowest BCUT2D eigenvalue weighted by atomic mass is 10.1. The Balaban J connectivity index is 2.04. The molecule has 1 N–H and O–H groups in total. The number of aromatic nitrogens is 1. The molecule has 1 fully saturated rings. The van der Waals surface area contributed by atoms with Crippen molar-refractivity contribution in [3.8, 4) is 0 Å². The maximum atomic E-state index is 9.73. The van der Waals surface area contributed by atoms with Crippen LogP contribution >= 0.6 is 11.3 Å². The molecule has 66 valence electrons. The quantitative estimate of drug-likeness (QED) is 0.756. The molecule has 0 bridgehead atoms. The molecule has 2 atom stereocenters. The molecule has 2 unspecified atom stereocenters. The third-order valence-corrected chi connectivity index (χ3v) is 2.68. The maximum Gasteiger partial charge on any atom is 0.123 e. The molecule has 2 rings (SSSR count). The second-order valence-corrected chi connectivity index (χ2v) is 3.63. The smallest absolute Gasteiger partial charge is 0.123 e. The summed E-state index contributed by atoms with van der Waals surface area (Å²) in [6.07, 6.45) is 1.43. The van der Waals surface area contributed by atoms with Crippen LogP contribution in [-0.4, -0.2) is 22.8 Å². The second kappa shape index (κ2) is 3.51. The molecule has 0 radical (unpaired) electrons. The monoisotopic (exact) mass is 185 g/mol. The first kappa shape index (κ1) is 8.16. The molecule has 1 aromatic rings. The summed E-state index contributed by atoms with van der Waals surface area (Å²) in [7, 11) is 0. The van der Waals surface area contributed by atoms with Gasteiger partial charge in [0, 0.05) is 12.0 Å². The highest BCUT2D eigenvalue weighted by Gasteiger charge is 2.26. The van der Waals surface area contributed by atoms with Crippen LogP contribution in [0.1, 0.15) is 24.6 Å². The predicted octanol–water partition coefficient (Wildman–Crippen LogP) is 1.36. The fourth-order valence-electron chi connectivity index (χ4n) is 1.41. The van der Waals surface area contributed by atoms with E-state index < -0.39 is 6.10 Å². The van der Waals surface area contributed by atoms with Crippen LogP contribution in [0.25, 0.3) is 0 Å². The van der Waals surface area contributed by atoms with E-state index in [1.807, 2.05) is 5.38 Å². The van der Waals surface area contributed by atoms with Crippen molar-refractivity contribution >= 4 is 11.3 Å². The van der Waals surface area contributed by atoms with Crippen molar-refractivity contribution in [1.29, 1.82) is 0 Å². The summed E-state index contributed by atoms with van der Waals surface area (Å²) in [6, 6.07) is 0. The molecular weight excluding hydrogens is 174 g/mol. The van der Waals surface area contributed by atoms with Crippen LogP contribution in [0.2, 0.25) is 0 Å². The Bertz CT molecular complexity index is 231. The lowest BCUT2D eigenvalue weighted by Crippen LogP contribution is -2.17. The SMILES string of the molecule is OC(c1cscn1)C1CCCO1. The molecule has 0 saturated carbocycles. The van der Waals surface area contributed by atoms with E-state index in [4.69, 9.17) is 4.74 Å². The lowest BCUT2D eigenvalue weighted by Gasteiger charge is -2.14. The van der Waals surface area contributed by atoms with Crippen LogP contribution in [0.4, 0.5) is 0 Å². The number of ether oxygens (including phenoxy) is 1. The summed E-state index contributed by atoms with van der Waals surface area (Å²) in [5.41, 5.74) is 2.47. The van der Waals surface area contributed by atoms with Gasteiger partial charge in [0.25, 0.3) is 0 Å². The van der Waals surface area contributed by atoms with Crippen molar-refractivity contribution < 1.29 is 9.84 Å². The summed E-state index contributed by atoms with van der Waals surface area (Å²) >= 11 is 1.50. The van der Waals surface area contributed by atoms with Crippen LogP contribution in [-0.2, 0) is 4.74 Å². The topological polar surface area (TPSA) is 42.4 Å². The van der Waals surface area contributed by atoms with Crippen LogP contribution < -0.4 is 0 Å². The molecule has 1 saturated heterocycles. The largest absolute Gasteiger partial charge is 0.384 e. The van der Waals surface area contributed by atoms with E-state index in [2.05, 4.69) is 4.98 Å². The molecular formula is C8H11NO2S. The fraction of sp³-hybridized carbons (Fsp3) is 0.625. The van der Waals surface area contributed by atoms with Crippen LogP contribution in [0.3, 0.4) is 0 Å². The highest BCUT2D eigenvalue weighted by Crippen LogP contribution is 2.26. The van der Waals surface area contributed by atoms with Crippen molar-refractivity contribution in [2.75, 3.05) is 6.61 Å². The Labute approximate surface area is 75.0 Å². The van der Waals surface area contributed by atoms with Gasteiger partial charge >= 0.3 is 0 Å². The van der Waals surface area contributed by atoms with Gasteiger partial charge < -0.3 is 9.84 Å². The maximum absolute atomic E-state index is 9.73. The third-order valence-electron chi connectivity index (χ3n) is 2.07. The van der Waals surface area contributed by atoms with Gasteiger partial charge in [0.1, 0.15) is 6.10 Å². The number of hydrogen-bond acceptors (Lipinski definition) is 4. The van der Waals surface area contributed by atoms with Gasteiger partial charge in [-0.15, -0.1) is 11.3 Å². The molecule has 3 nitrogen and oxygen atoms in total. The van der Waals surface area contributed by atoms with E-state index in [9.17, 15) is 5.11 Å². The molecule has 2 heterocycles. The zero-order chi connectivity index (χ0) is 8.39. The molecule has 0 aliphatic carbocycles. The van der Waals surface area contributed by atoms with Crippen LogP contribution in [0.5, 0.6) is 0 Å². The van der Waals surface area contributed by atoms with E-state index in [0.29, 0.717) is 0 Å². The Morgan fingerprint density at radius 3 is 3.25 bits per heavy atom. The van der Waals surface area contributed by atoms with E-state index >= 15 is 0 Å². The van der Waals surface area contributed by atoms with Gasteiger partial charge in [-0.2, -0.15) is 0 Å². The molecule has 1 aromatic heterocycles. The first-order valence-electron chi connectivity index (χ1n) is 4.05. The Morgan fingerprint density at radius 2 is 2.67 bits per heavy atom. The minimum atomic E-state index is -0.529. The number of aliphatic hydroxyl groups excluding tert-OH is 1. The van der Waals surface area contributed by atoms with Gasteiger partial charge in [0.15, 0.2) is 0 Å². The van der Waals surface area contributed by atoms with E-state index in [1.165, 1.54) is 11.3 Å². The first-order chi connectivity index (χ1) is 5.88. The van der Waals surface area contributed by atoms with Crippen molar-refractivity contribution in [3.05, 3.63) is 16.6 Å². The van der Waals surface area contributed by atoms with Gasteiger partial charge in [-0.1, -0.05) is 0 Å². The summed E-state index contributed by atoms with van der Waals surface area (Å²) in [6.45, 7) is 0.770. The van der Waals surface area contributed by atoms with Gasteiger partial charge in [0.2, 0.25) is 0 Å². The minimum absolute atomic E-state index is 0.0351. The molecule has 12 heavy (non-hydrogen) atoms. The summed E-state index contributed by atoms with van der Waals surface area (Å²) < 4.78 is 5.35. The lowest BCUT2D eigenvalue weighted by molar-refractivity contribution is -0.00441. The summed E-state index contributed by atoms with van der Waals surface area (Å²) in [4.78, 5) is 4.05. The van der Waals surface area contributed by atoms with Crippen molar-refractivity contribution in [1.82, 2.24) is 4.98 Å². The van der Waals surface area contributed by atoms with Crippen molar-refractivity contribution in [2.24, 2.45) is 0 Å². The number of nitrogens with zero attached hydrogens (tertiary/aromatic N) is 1. The number of rotatable bonds is 2. The number of thiazole rings is 1. The van der Waals surface area contributed by atoms with Crippen molar-refractivity contribution in [2.45, 2.75) is 25.0 Å². The standard InChI is InChI=1S/C8H11NO2S/c10-8(6-4-12-5-9-6)7-2-1-3-11-7/h4-5,7-8,10H,1-3H2. The zero-order valence-electron chi connectivity index (χ0n) is 6.64. The van der Waals surface area contributed by atoms with Gasteiger partial charge in [-0.25, -0.2) is 4.98 Å². The Hall–Kier alpha value is -0.450. The molecule has 4 heteroatoms. The average Bonchev–Trinajstić information content (AvgIpc) is 2.77. The molecule has 1 aliphatic rings. The Morgan fingerprint density at radius 1 is 1.75 bits per heavy atom. The summed E-state index contributed by atoms with van der Waals surface area (Å²) in [5, 5.41) is 11.6. The predicted molar refractivity (Wildman–Crippen MR) is 46.0 cm³/mol. The van der Waals surface area contributed by atoms with Gasteiger partial charge in [-0.05, 0) is 12.8 Å². The third kappa shape index (κ3) is 1.50.